The zero-order valence-electron chi connectivity index (χ0n) is 11.4. The van der Waals surface area contributed by atoms with Crippen LogP contribution in [0.15, 0.2) is 18.2 Å². The van der Waals surface area contributed by atoms with E-state index in [4.69, 9.17) is 16.7 Å². The van der Waals surface area contributed by atoms with Crippen molar-refractivity contribution < 1.29 is 5.11 Å². The molecule has 1 N–H and O–H groups in total. The summed E-state index contributed by atoms with van der Waals surface area (Å²) in [4.78, 5) is 2.46. The molecule has 2 rings (SSSR count). The van der Waals surface area contributed by atoms with E-state index < -0.39 is 0 Å². The number of anilines is 1. The Bertz CT molecular complexity index is 431. The van der Waals surface area contributed by atoms with Gasteiger partial charge in [0, 0.05) is 29.4 Å². The molecule has 1 heterocycles. The van der Waals surface area contributed by atoms with Gasteiger partial charge in [0.25, 0.3) is 0 Å². The number of rotatable bonds is 3. The molecule has 0 amide bonds. The van der Waals surface area contributed by atoms with E-state index in [-0.39, 0.29) is 12.1 Å². The Morgan fingerprint density at radius 3 is 2.78 bits per heavy atom. The van der Waals surface area contributed by atoms with Gasteiger partial charge in [0.1, 0.15) is 0 Å². The lowest BCUT2D eigenvalue weighted by molar-refractivity contribution is 0.259. The Morgan fingerprint density at radius 2 is 2.17 bits per heavy atom. The van der Waals surface area contributed by atoms with Gasteiger partial charge >= 0.3 is 0 Å². The van der Waals surface area contributed by atoms with Crippen LogP contribution in [-0.2, 0) is 0 Å². The Morgan fingerprint density at radius 1 is 1.44 bits per heavy atom. The number of nitrogens with zero attached hydrogens (tertiary/aromatic N) is 1. The number of benzene rings is 1. The standard InChI is InChI=1S/C15H22ClNO/c1-11-8-13(16)4-5-14(11)17-10-12(6-7-18)9-15(17,2)3/h4-5,8,12,18H,6-7,9-10H2,1-3H3. The third kappa shape index (κ3) is 2.65. The first-order chi connectivity index (χ1) is 8.44. The van der Waals surface area contributed by atoms with Crippen LogP contribution in [0.25, 0.3) is 0 Å². The number of hydrogen-bond acceptors (Lipinski definition) is 2. The third-order valence-corrected chi connectivity index (χ3v) is 4.18. The molecule has 2 nitrogen and oxygen atoms in total. The molecule has 1 aliphatic heterocycles. The first kappa shape index (κ1) is 13.7. The van der Waals surface area contributed by atoms with Gasteiger partial charge in [0.05, 0.1) is 0 Å². The topological polar surface area (TPSA) is 23.5 Å². The van der Waals surface area contributed by atoms with Gasteiger partial charge in [-0.15, -0.1) is 0 Å². The first-order valence-corrected chi connectivity index (χ1v) is 6.96. The van der Waals surface area contributed by atoms with Crippen molar-refractivity contribution in [1.82, 2.24) is 0 Å². The van der Waals surface area contributed by atoms with Crippen LogP contribution in [0.2, 0.25) is 5.02 Å². The van der Waals surface area contributed by atoms with Crippen LogP contribution in [0, 0.1) is 12.8 Å². The van der Waals surface area contributed by atoms with Crippen molar-refractivity contribution in [2.45, 2.75) is 39.2 Å². The highest BCUT2D eigenvalue weighted by molar-refractivity contribution is 6.30. The Kier molecular flexibility index (Phi) is 3.88. The second-order valence-electron chi connectivity index (χ2n) is 5.94. The molecule has 0 aromatic heterocycles. The van der Waals surface area contributed by atoms with Gasteiger partial charge < -0.3 is 10.0 Å². The minimum absolute atomic E-state index is 0.151. The predicted octanol–water partition coefficient (Wildman–Crippen LogP) is 3.64. The second-order valence-corrected chi connectivity index (χ2v) is 6.37. The van der Waals surface area contributed by atoms with Crippen LogP contribution in [0.5, 0.6) is 0 Å². The summed E-state index contributed by atoms with van der Waals surface area (Å²) in [5.74, 6) is 0.583. The molecule has 18 heavy (non-hydrogen) atoms. The van der Waals surface area contributed by atoms with Crippen LogP contribution < -0.4 is 4.90 Å². The molecule has 0 spiro atoms. The predicted molar refractivity (Wildman–Crippen MR) is 77.4 cm³/mol. The number of halogens is 1. The third-order valence-electron chi connectivity index (χ3n) is 3.95. The average Bonchev–Trinajstić information content (AvgIpc) is 2.54. The molecule has 1 aromatic carbocycles. The molecule has 1 fully saturated rings. The van der Waals surface area contributed by atoms with Crippen molar-refractivity contribution >= 4 is 17.3 Å². The molecule has 0 bridgehead atoms. The molecule has 1 unspecified atom stereocenters. The van der Waals surface area contributed by atoms with Gasteiger partial charge in [-0.05, 0) is 63.3 Å². The van der Waals surface area contributed by atoms with E-state index in [1.54, 1.807) is 0 Å². The van der Waals surface area contributed by atoms with Gasteiger partial charge in [-0.1, -0.05) is 11.6 Å². The lowest BCUT2D eigenvalue weighted by atomic mass is 9.94. The summed E-state index contributed by atoms with van der Waals surface area (Å²) in [5.41, 5.74) is 2.64. The summed E-state index contributed by atoms with van der Waals surface area (Å²) in [6.07, 6.45) is 2.03. The number of aliphatic hydroxyl groups is 1. The van der Waals surface area contributed by atoms with Crippen LogP contribution in [-0.4, -0.2) is 23.8 Å². The lowest BCUT2D eigenvalue weighted by Gasteiger charge is -2.34. The van der Waals surface area contributed by atoms with Crippen molar-refractivity contribution in [3.63, 3.8) is 0 Å². The number of aryl methyl sites for hydroxylation is 1. The van der Waals surface area contributed by atoms with E-state index in [1.807, 2.05) is 12.1 Å². The van der Waals surface area contributed by atoms with Crippen LogP contribution in [0.4, 0.5) is 5.69 Å². The maximum atomic E-state index is 9.11. The lowest BCUT2D eigenvalue weighted by Crippen LogP contribution is -2.38. The summed E-state index contributed by atoms with van der Waals surface area (Å²) >= 11 is 6.02. The van der Waals surface area contributed by atoms with Gasteiger partial charge in [-0.25, -0.2) is 0 Å². The van der Waals surface area contributed by atoms with E-state index in [2.05, 4.69) is 31.7 Å². The Hall–Kier alpha value is -0.730. The van der Waals surface area contributed by atoms with Crippen LogP contribution in [0.3, 0.4) is 0 Å². The first-order valence-electron chi connectivity index (χ1n) is 6.58. The quantitative estimate of drug-likeness (QED) is 0.904. The summed E-state index contributed by atoms with van der Waals surface area (Å²) in [6, 6.07) is 6.09. The molecule has 0 saturated carbocycles. The molecule has 0 radical (unpaired) electrons. The van der Waals surface area contributed by atoms with Crippen LogP contribution in [0.1, 0.15) is 32.3 Å². The smallest absolute Gasteiger partial charge is 0.0434 e. The second kappa shape index (κ2) is 5.10. The summed E-state index contributed by atoms with van der Waals surface area (Å²) in [7, 11) is 0. The molecule has 100 valence electrons. The molecule has 1 aromatic rings. The highest BCUT2D eigenvalue weighted by atomic mass is 35.5. The van der Waals surface area contributed by atoms with Crippen molar-refractivity contribution in [2.24, 2.45) is 5.92 Å². The highest BCUT2D eigenvalue weighted by Gasteiger charge is 2.38. The average molecular weight is 268 g/mol. The monoisotopic (exact) mass is 267 g/mol. The Labute approximate surface area is 115 Å². The van der Waals surface area contributed by atoms with Crippen molar-refractivity contribution in [3.05, 3.63) is 28.8 Å². The van der Waals surface area contributed by atoms with Gasteiger partial charge in [0.15, 0.2) is 0 Å². The van der Waals surface area contributed by atoms with Gasteiger partial charge in [-0.2, -0.15) is 0 Å². The molecular formula is C15H22ClNO. The fraction of sp³-hybridized carbons (Fsp3) is 0.600. The maximum absolute atomic E-state index is 9.11. The summed E-state index contributed by atoms with van der Waals surface area (Å²) < 4.78 is 0. The summed E-state index contributed by atoms with van der Waals surface area (Å²) in [5, 5.41) is 9.90. The van der Waals surface area contributed by atoms with E-state index in [9.17, 15) is 0 Å². The number of hydrogen-bond donors (Lipinski definition) is 1. The minimum atomic E-state index is 0.151. The highest BCUT2D eigenvalue weighted by Crippen LogP contribution is 2.39. The maximum Gasteiger partial charge on any atom is 0.0434 e. The van der Waals surface area contributed by atoms with Gasteiger partial charge in [0.2, 0.25) is 0 Å². The van der Waals surface area contributed by atoms with Crippen molar-refractivity contribution in [2.75, 3.05) is 18.1 Å². The summed E-state index contributed by atoms with van der Waals surface area (Å²) in [6.45, 7) is 7.97. The fourth-order valence-electron chi connectivity index (χ4n) is 3.11. The SMILES string of the molecule is Cc1cc(Cl)ccc1N1CC(CCO)CC1(C)C. The molecule has 1 aliphatic rings. The molecule has 3 heteroatoms. The van der Waals surface area contributed by atoms with Crippen LogP contribution >= 0.6 is 11.6 Å². The normalized spacial score (nSPS) is 22.5. The van der Waals surface area contributed by atoms with Crippen molar-refractivity contribution in [1.29, 1.82) is 0 Å². The Balaban J connectivity index is 2.26. The molecule has 1 saturated heterocycles. The van der Waals surface area contributed by atoms with E-state index >= 15 is 0 Å². The molecule has 1 atom stereocenters. The van der Waals surface area contributed by atoms with Crippen molar-refractivity contribution in [3.8, 4) is 0 Å². The molecular weight excluding hydrogens is 246 g/mol. The fourth-order valence-corrected chi connectivity index (χ4v) is 3.34. The molecule has 0 aliphatic carbocycles. The van der Waals surface area contributed by atoms with E-state index in [0.717, 1.165) is 24.4 Å². The zero-order chi connectivity index (χ0) is 13.3. The minimum Gasteiger partial charge on any atom is -0.396 e. The number of aliphatic hydroxyl groups excluding tert-OH is 1. The van der Waals surface area contributed by atoms with E-state index in [1.165, 1.54) is 11.3 Å². The van der Waals surface area contributed by atoms with Gasteiger partial charge in [-0.3, -0.25) is 0 Å². The van der Waals surface area contributed by atoms with E-state index in [0.29, 0.717) is 5.92 Å². The zero-order valence-corrected chi connectivity index (χ0v) is 12.2. The largest absolute Gasteiger partial charge is 0.396 e.